The number of pyridine rings is 1. The van der Waals surface area contributed by atoms with Crippen molar-refractivity contribution >= 4 is 15.8 Å². The molecule has 0 amide bonds. The van der Waals surface area contributed by atoms with Crippen LogP contribution in [0.4, 0.5) is 5.82 Å². The molecular formula is C11H19N3O2S. The number of nitrogens with one attached hydrogen (secondary N) is 2. The SMILES string of the molecule is CNc1ccc(S(=O)(=O)NC(C)C(C)C)cn1. The Balaban J connectivity index is 2.89. The van der Waals surface area contributed by atoms with Gasteiger partial charge >= 0.3 is 0 Å². The number of hydrogen-bond acceptors (Lipinski definition) is 4. The molecule has 96 valence electrons. The molecule has 0 aliphatic carbocycles. The molecule has 0 spiro atoms. The van der Waals surface area contributed by atoms with Crippen molar-refractivity contribution in [2.24, 2.45) is 5.92 Å². The van der Waals surface area contributed by atoms with Crippen molar-refractivity contribution in [2.75, 3.05) is 12.4 Å². The number of anilines is 1. The van der Waals surface area contributed by atoms with Gasteiger partial charge in [-0.05, 0) is 25.0 Å². The molecule has 0 saturated carbocycles. The Labute approximate surface area is 103 Å². The van der Waals surface area contributed by atoms with E-state index < -0.39 is 10.0 Å². The molecule has 6 heteroatoms. The van der Waals surface area contributed by atoms with Crippen LogP contribution in [-0.4, -0.2) is 26.5 Å². The summed E-state index contributed by atoms with van der Waals surface area (Å²) >= 11 is 0. The van der Waals surface area contributed by atoms with Crippen LogP contribution in [0.25, 0.3) is 0 Å². The second-order valence-corrected chi connectivity index (χ2v) is 6.00. The van der Waals surface area contributed by atoms with E-state index in [1.165, 1.54) is 12.3 Å². The van der Waals surface area contributed by atoms with Crippen LogP contribution in [0, 0.1) is 5.92 Å². The molecular weight excluding hydrogens is 238 g/mol. The van der Waals surface area contributed by atoms with E-state index in [0.29, 0.717) is 5.82 Å². The zero-order valence-corrected chi connectivity index (χ0v) is 11.4. The minimum Gasteiger partial charge on any atom is -0.373 e. The fourth-order valence-corrected chi connectivity index (χ4v) is 2.47. The zero-order chi connectivity index (χ0) is 13.1. The standard InChI is InChI=1S/C11H19N3O2S/c1-8(2)9(3)14-17(15,16)10-5-6-11(12-4)13-7-10/h5-9,14H,1-4H3,(H,12,13). The van der Waals surface area contributed by atoms with Crippen LogP contribution in [0.2, 0.25) is 0 Å². The minimum absolute atomic E-state index is 0.107. The summed E-state index contributed by atoms with van der Waals surface area (Å²) in [7, 11) is -1.74. The first-order valence-electron chi connectivity index (χ1n) is 5.53. The molecule has 1 atom stereocenters. The van der Waals surface area contributed by atoms with Crippen LogP contribution >= 0.6 is 0 Å². The first kappa shape index (κ1) is 13.9. The van der Waals surface area contributed by atoms with Crippen molar-refractivity contribution in [3.8, 4) is 0 Å². The summed E-state index contributed by atoms with van der Waals surface area (Å²) in [6.45, 7) is 5.78. The lowest BCUT2D eigenvalue weighted by molar-refractivity contribution is 0.476. The maximum absolute atomic E-state index is 12.0. The third-order valence-corrected chi connectivity index (χ3v) is 4.19. The van der Waals surface area contributed by atoms with Crippen LogP contribution in [0.1, 0.15) is 20.8 Å². The monoisotopic (exact) mass is 257 g/mol. The van der Waals surface area contributed by atoms with Gasteiger partial charge < -0.3 is 5.32 Å². The Morgan fingerprint density at radius 1 is 1.24 bits per heavy atom. The van der Waals surface area contributed by atoms with Gasteiger partial charge in [-0.3, -0.25) is 0 Å². The third-order valence-electron chi connectivity index (χ3n) is 2.64. The fraction of sp³-hybridized carbons (Fsp3) is 0.545. The minimum atomic E-state index is -3.47. The Morgan fingerprint density at radius 3 is 2.29 bits per heavy atom. The molecule has 0 bridgehead atoms. The highest BCUT2D eigenvalue weighted by atomic mass is 32.2. The van der Waals surface area contributed by atoms with Crippen LogP contribution < -0.4 is 10.0 Å². The van der Waals surface area contributed by atoms with E-state index >= 15 is 0 Å². The van der Waals surface area contributed by atoms with E-state index in [9.17, 15) is 8.42 Å². The van der Waals surface area contributed by atoms with Gasteiger partial charge in [0.2, 0.25) is 10.0 Å². The van der Waals surface area contributed by atoms with Gasteiger partial charge in [0.1, 0.15) is 10.7 Å². The average Bonchev–Trinajstić information content (AvgIpc) is 2.28. The van der Waals surface area contributed by atoms with E-state index in [1.54, 1.807) is 13.1 Å². The Kier molecular flexibility index (Phi) is 4.47. The summed E-state index contributed by atoms with van der Waals surface area (Å²) in [6.07, 6.45) is 1.35. The van der Waals surface area contributed by atoms with Crippen LogP contribution in [0.15, 0.2) is 23.2 Å². The normalized spacial score (nSPS) is 13.7. The van der Waals surface area contributed by atoms with Crippen LogP contribution in [0.3, 0.4) is 0 Å². The van der Waals surface area contributed by atoms with Crippen molar-refractivity contribution in [2.45, 2.75) is 31.7 Å². The van der Waals surface area contributed by atoms with Gasteiger partial charge in [0.05, 0.1) is 0 Å². The highest BCUT2D eigenvalue weighted by molar-refractivity contribution is 7.89. The first-order valence-corrected chi connectivity index (χ1v) is 7.01. The summed E-state index contributed by atoms with van der Waals surface area (Å²) < 4.78 is 26.6. The van der Waals surface area contributed by atoms with Gasteiger partial charge in [0, 0.05) is 19.3 Å². The first-order chi connectivity index (χ1) is 7.86. The molecule has 0 aliphatic rings. The molecule has 1 unspecified atom stereocenters. The predicted molar refractivity (Wildman–Crippen MR) is 68.4 cm³/mol. The highest BCUT2D eigenvalue weighted by Gasteiger charge is 2.19. The Hall–Kier alpha value is -1.14. The lowest BCUT2D eigenvalue weighted by Crippen LogP contribution is -2.36. The van der Waals surface area contributed by atoms with Crippen LogP contribution in [0.5, 0.6) is 0 Å². The predicted octanol–water partition coefficient (Wildman–Crippen LogP) is 1.45. The molecule has 0 aliphatic heterocycles. The maximum atomic E-state index is 12.0. The smallest absolute Gasteiger partial charge is 0.242 e. The largest absolute Gasteiger partial charge is 0.373 e. The molecule has 17 heavy (non-hydrogen) atoms. The summed E-state index contributed by atoms with van der Waals surface area (Å²) in [5.74, 6) is 0.884. The van der Waals surface area contributed by atoms with Gasteiger partial charge in [-0.25, -0.2) is 18.1 Å². The number of hydrogen-bond donors (Lipinski definition) is 2. The summed E-state index contributed by atoms with van der Waals surface area (Å²) in [5.41, 5.74) is 0. The van der Waals surface area contributed by atoms with Gasteiger partial charge in [0.15, 0.2) is 0 Å². The van der Waals surface area contributed by atoms with Crippen molar-refractivity contribution < 1.29 is 8.42 Å². The summed E-state index contributed by atoms with van der Waals surface area (Å²) in [5, 5.41) is 2.84. The fourth-order valence-electron chi connectivity index (χ4n) is 1.14. The number of nitrogens with zero attached hydrogens (tertiary/aromatic N) is 1. The number of rotatable bonds is 5. The van der Waals surface area contributed by atoms with E-state index in [2.05, 4.69) is 15.0 Å². The Bertz CT molecular complexity index is 454. The van der Waals surface area contributed by atoms with E-state index in [1.807, 2.05) is 20.8 Å². The van der Waals surface area contributed by atoms with Crippen LogP contribution in [-0.2, 0) is 10.0 Å². The Morgan fingerprint density at radius 2 is 1.88 bits per heavy atom. The lowest BCUT2D eigenvalue weighted by atomic mass is 10.1. The van der Waals surface area contributed by atoms with Crippen molar-refractivity contribution in [1.29, 1.82) is 0 Å². The molecule has 0 fully saturated rings. The van der Waals surface area contributed by atoms with Gasteiger partial charge in [-0.1, -0.05) is 13.8 Å². The third kappa shape index (κ3) is 3.67. The van der Waals surface area contributed by atoms with E-state index in [0.717, 1.165) is 0 Å². The molecule has 1 rings (SSSR count). The molecule has 1 aromatic heterocycles. The summed E-state index contributed by atoms with van der Waals surface area (Å²) in [4.78, 5) is 4.17. The molecule has 0 saturated heterocycles. The molecule has 5 nitrogen and oxygen atoms in total. The average molecular weight is 257 g/mol. The molecule has 1 heterocycles. The van der Waals surface area contributed by atoms with E-state index in [4.69, 9.17) is 0 Å². The topological polar surface area (TPSA) is 71.1 Å². The van der Waals surface area contributed by atoms with Crippen molar-refractivity contribution in [1.82, 2.24) is 9.71 Å². The molecule has 1 aromatic rings. The maximum Gasteiger partial charge on any atom is 0.242 e. The highest BCUT2D eigenvalue weighted by Crippen LogP contribution is 2.12. The molecule has 0 aromatic carbocycles. The summed E-state index contributed by atoms with van der Waals surface area (Å²) in [6, 6.07) is 3.06. The molecule has 2 N–H and O–H groups in total. The quantitative estimate of drug-likeness (QED) is 0.837. The number of sulfonamides is 1. The van der Waals surface area contributed by atoms with Gasteiger partial charge in [0.25, 0.3) is 0 Å². The second kappa shape index (κ2) is 5.46. The van der Waals surface area contributed by atoms with Crippen molar-refractivity contribution in [3.63, 3.8) is 0 Å². The van der Waals surface area contributed by atoms with Gasteiger partial charge in [-0.2, -0.15) is 0 Å². The molecule has 0 radical (unpaired) electrons. The lowest BCUT2D eigenvalue weighted by Gasteiger charge is -2.17. The van der Waals surface area contributed by atoms with Crippen molar-refractivity contribution in [3.05, 3.63) is 18.3 Å². The second-order valence-electron chi connectivity index (χ2n) is 4.28. The number of aromatic nitrogens is 1. The van der Waals surface area contributed by atoms with E-state index in [-0.39, 0.29) is 16.9 Å². The van der Waals surface area contributed by atoms with Gasteiger partial charge in [-0.15, -0.1) is 0 Å². The zero-order valence-electron chi connectivity index (χ0n) is 10.6.